The van der Waals surface area contributed by atoms with E-state index in [1.54, 1.807) is 0 Å². The van der Waals surface area contributed by atoms with Gasteiger partial charge in [-0.2, -0.15) is 0 Å². The molecule has 1 aromatic carbocycles. The minimum absolute atomic E-state index is 0.0492. The van der Waals surface area contributed by atoms with Gasteiger partial charge in [0.2, 0.25) is 5.90 Å². The molecular formula is C12H13F2NO. The second-order valence-corrected chi connectivity index (χ2v) is 4.43. The zero-order valence-electron chi connectivity index (χ0n) is 9.42. The Morgan fingerprint density at radius 1 is 1.25 bits per heavy atom. The molecule has 16 heavy (non-hydrogen) atoms. The molecule has 0 radical (unpaired) electrons. The van der Waals surface area contributed by atoms with E-state index in [0.29, 0.717) is 0 Å². The zero-order valence-corrected chi connectivity index (χ0v) is 9.42. The van der Waals surface area contributed by atoms with Crippen molar-refractivity contribution in [2.24, 2.45) is 4.99 Å². The second kappa shape index (κ2) is 3.54. The first-order valence-electron chi connectivity index (χ1n) is 5.13. The van der Waals surface area contributed by atoms with E-state index in [0.717, 1.165) is 0 Å². The van der Waals surface area contributed by atoms with Gasteiger partial charge in [0.15, 0.2) is 0 Å². The van der Waals surface area contributed by atoms with Gasteiger partial charge >= 0.3 is 0 Å². The highest BCUT2D eigenvalue weighted by atomic mass is 19.1. The van der Waals surface area contributed by atoms with E-state index in [-0.39, 0.29) is 17.6 Å². The summed E-state index contributed by atoms with van der Waals surface area (Å²) in [6.45, 7) is 5.56. The predicted octanol–water partition coefficient (Wildman–Crippen LogP) is 2.91. The number of hydrogen-bond acceptors (Lipinski definition) is 2. The van der Waals surface area contributed by atoms with Crippen molar-refractivity contribution in [3.8, 4) is 0 Å². The van der Waals surface area contributed by atoms with E-state index >= 15 is 0 Å². The fourth-order valence-electron chi connectivity index (χ4n) is 1.51. The van der Waals surface area contributed by atoms with Crippen LogP contribution in [-0.2, 0) is 4.74 Å². The molecule has 0 aliphatic carbocycles. The van der Waals surface area contributed by atoms with Crippen molar-refractivity contribution in [3.63, 3.8) is 0 Å². The molecule has 1 heterocycles. The van der Waals surface area contributed by atoms with Crippen molar-refractivity contribution in [2.75, 3.05) is 0 Å². The predicted molar refractivity (Wildman–Crippen MR) is 57.5 cm³/mol. The van der Waals surface area contributed by atoms with Crippen LogP contribution in [0, 0.1) is 11.6 Å². The van der Waals surface area contributed by atoms with Gasteiger partial charge in [-0.05, 0) is 32.9 Å². The first kappa shape index (κ1) is 11.0. The van der Waals surface area contributed by atoms with Gasteiger partial charge in [0.25, 0.3) is 0 Å². The lowest BCUT2D eigenvalue weighted by atomic mass is 10.0. The number of rotatable bonds is 1. The largest absolute Gasteiger partial charge is 0.472 e. The van der Waals surface area contributed by atoms with Crippen molar-refractivity contribution >= 4 is 5.90 Å². The summed E-state index contributed by atoms with van der Waals surface area (Å²) in [6, 6.07) is 3.71. The molecule has 1 aliphatic rings. The van der Waals surface area contributed by atoms with Crippen LogP contribution in [0.3, 0.4) is 0 Å². The molecule has 0 spiro atoms. The summed E-state index contributed by atoms with van der Waals surface area (Å²) in [5.41, 5.74) is -0.635. The van der Waals surface area contributed by atoms with Gasteiger partial charge in [0.1, 0.15) is 23.3 Å². The summed E-state index contributed by atoms with van der Waals surface area (Å²) in [5.74, 6) is -1.25. The molecule has 0 amide bonds. The van der Waals surface area contributed by atoms with Gasteiger partial charge in [-0.1, -0.05) is 6.07 Å². The van der Waals surface area contributed by atoms with Crippen molar-refractivity contribution in [2.45, 2.75) is 32.4 Å². The maximum absolute atomic E-state index is 13.5. The average Bonchev–Trinajstić information content (AvgIpc) is 2.40. The highest BCUT2D eigenvalue weighted by Gasteiger charge is 2.36. The molecule has 0 fully saturated rings. The van der Waals surface area contributed by atoms with Gasteiger partial charge in [0.05, 0.1) is 5.54 Å². The molecule has 0 saturated carbocycles. The van der Waals surface area contributed by atoms with Crippen LogP contribution in [0.5, 0.6) is 0 Å². The van der Waals surface area contributed by atoms with Crippen molar-refractivity contribution < 1.29 is 13.5 Å². The Morgan fingerprint density at radius 2 is 1.81 bits per heavy atom. The first-order valence-corrected chi connectivity index (χ1v) is 5.13. The van der Waals surface area contributed by atoms with Gasteiger partial charge in [-0.15, -0.1) is 0 Å². The van der Waals surface area contributed by atoms with E-state index in [2.05, 4.69) is 4.99 Å². The Labute approximate surface area is 93.0 Å². The fraction of sp³-hybridized carbons (Fsp3) is 0.417. The summed E-state index contributed by atoms with van der Waals surface area (Å²) in [5, 5.41) is 0. The lowest BCUT2D eigenvalue weighted by molar-refractivity contribution is 0.174. The van der Waals surface area contributed by atoms with Crippen LogP contribution in [0.2, 0.25) is 0 Å². The molecule has 1 atom stereocenters. The van der Waals surface area contributed by atoms with Crippen molar-refractivity contribution in [3.05, 3.63) is 35.4 Å². The third-order valence-electron chi connectivity index (χ3n) is 2.85. The lowest BCUT2D eigenvalue weighted by Gasteiger charge is -2.18. The minimum atomic E-state index is -0.649. The number of nitrogens with zero attached hydrogens (tertiary/aromatic N) is 1. The van der Waals surface area contributed by atoms with E-state index in [1.165, 1.54) is 18.2 Å². The van der Waals surface area contributed by atoms with Gasteiger partial charge < -0.3 is 4.74 Å². The Bertz CT molecular complexity index is 434. The maximum Gasteiger partial charge on any atom is 0.223 e. The number of aliphatic imine (C=N–C) groups is 1. The second-order valence-electron chi connectivity index (χ2n) is 4.43. The Kier molecular flexibility index (Phi) is 2.45. The molecule has 4 heteroatoms. The normalized spacial score (nSPS) is 22.8. The van der Waals surface area contributed by atoms with Crippen LogP contribution >= 0.6 is 0 Å². The SMILES string of the molecule is CC1OC(c2c(F)cccc2F)=NC1(C)C. The molecule has 0 bridgehead atoms. The lowest BCUT2D eigenvalue weighted by Crippen LogP contribution is -2.28. The smallest absolute Gasteiger partial charge is 0.223 e. The zero-order chi connectivity index (χ0) is 11.9. The monoisotopic (exact) mass is 225 g/mol. The van der Waals surface area contributed by atoms with Crippen LogP contribution in [0.1, 0.15) is 26.3 Å². The van der Waals surface area contributed by atoms with Crippen LogP contribution < -0.4 is 0 Å². The molecule has 0 saturated heterocycles. The molecule has 1 aromatic rings. The van der Waals surface area contributed by atoms with Crippen LogP contribution in [0.4, 0.5) is 8.78 Å². The average molecular weight is 225 g/mol. The third kappa shape index (κ3) is 1.68. The van der Waals surface area contributed by atoms with Crippen LogP contribution in [0.15, 0.2) is 23.2 Å². The third-order valence-corrected chi connectivity index (χ3v) is 2.85. The Hall–Kier alpha value is -1.45. The standard InChI is InChI=1S/C12H13F2NO/c1-7-12(2,3)15-11(16-7)10-8(13)5-4-6-9(10)14/h4-7H,1-3H3. The minimum Gasteiger partial charge on any atom is -0.472 e. The molecular weight excluding hydrogens is 212 g/mol. The summed E-state index contributed by atoms with van der Waals surface area (Å²) >= 11 is 0. The number of hydrogen-bond donors (Lipinski definition) is 0. The van der Waals surface area contributed by atoms with Crippen molar-refractivity contribution in [1.82, 2.24) is 0 Å². The molecule has 2 rings (SSSR count). The van der Waals surface area contributed by atoms with Gasteiger partial charge in [0, 0.05) is 0 Å². The molecule has 0 aromatic heterocycles. The number of halogens is 2. The first-order chi connectivity index (χ1) is 7.42. The number of ether oxygens (including phenoxy) is 1. The van der Waals surface area contributed by atoms with E-state index in [1.807, 2.05) is 20.8 Å². The van der Waals surface area contributed by atoms with E-state index < -0.39 is 17.2 Å². The Balaban J connectivity index is 2.48. The molecule has 1 unspecified atom stereocenters. The van der Waals surface area contributed by atoms with Gasteiger partial charge in [-0.25, -0.2) is 13.8 Å². The quantitative estimate of drug-likeness (QED) is 0.720. The van der Waals surface area contributed by atoms with Crippen LogP contribution in [-0.4, -0.2) is 17.5 Å². The highest BCUT2D eigenvalue weighted by Crippen LogP contribution is 2.28. The summed E-state index contributed by atoms with van der Waals surface area (Å²) < 4.78 is 32.4. The maximum atomic E-state index is 13.5. The highest BCUT2D eigenvalue weighted by molar-refractivity contribution is 5.96. The fourth-order valence-corrected chi connectivity index (χ4v) is 1.51. The van der Waals surface area contributed by atoms with E-state index in [4.69, 9.17) is 4.74 Å². The van der Waals surface area contributed by atoms with Crippen molar-refractivity contribution in [1.29, 1.82) is 0 Å². The van der Waals surface area contributed by atoms with Crippen LogP contribution in [0.25, 0.3) is 0 Å². The molecule has 2 nitrogen and oxygen atoms in total. The Morgan fingerprint density at radius 3 is 2.25 bits per heavy atom. The number of benzene rings is 1. The molecule has 86 valence electrons. The van der Waals surface area contributed by atoms with Gasteiger partial charge in [-0.3, -0.25) is 0 Å². The summed E-state index contributed by atoms with van der Waals surface area (Å²) in [6.07, 6.45) is -0.193. The topological polar surface area (TPSA) is 21.6 Å². The van der Waals surface area contributed by atoms with E-state index in [9.17, 15) is 8.78 Å². The molecule has 0 N–H and O–H groups in total. The summed E-state index contributed by atoms with van der Waals surface area (Å²) in [7, 11) is 0. The summed E-state index contributed by atoms with van der Waals surface area (Å²) in [4.78, 5) is 4.21. The molecule has 1 aliphatic heterocycles.